The number of nitrogens with zero attached hydrogens (tertiary/aromatic N) is 3. The fraction of sp³-hybridized carbons (Fsp3) is 0.0526. The molecule has 5 nitrogen and oxygen atoms in total. The zero-order chi connectivity index (χ0) is 16.5. The third-order valence-corrected chi connectivity index (χ3v) is 3.87. The molecule has 4 rings (SSSR count). The van der Waals surface area contributed by atoms with Gasteiger partial charge in [-0.15, -0.1) is 0 Å². The van der Waals surface area contributed by atoms with E-state index in [0.717, 1.165) is 28.2 Å². The van der Waals surface area contributed by atoms with Crippen molar-refractivity contribution < 1.29 is 10.2 Å². The van der Waals surface area contributed by atoms with Gasteiger partial charge in [0.2, 0.25) is 0 Å². The van der Waals surface area contributed by atoms with Crippen molar-refractivity contribution in [2.75, 3.05) is 0 Å². The standard InChI is InChI=1S/C19H15N3O2/c23-15-8-6-14(7-9-15)22-18(12-13-3-1-4-16(24)11-13)21-17-5-2-10-20-19(17)22/h1-11,23-24H,12H2. The highest BCUT2D eigenvalue weighted by Gasteiger charge is 2.14. The average Bonchev–Trinajstić information content (AvgIpc) is 2.93. The van der Waals surface area contributed by atoms with Crippen LogP contribution in [0.1, 0.15) is 11.4 Å². The van der Waals surface area contributed by atoms with Gasteiger partial charge in [-0.25, -0.2) is 9.97 Å². The number of pyridine rings is 1. The number of aromatic hydroxyl groups is 2. The van der Waals surface area contributed by atoms with Gasteiger partial charge >= 0.3 is 0 Å². The van der Waals surface area contributed by atoms with Gasteiger partial charge in [-0.1, -0.05) is 12.1 Å². The second-order valence-electron chi connectivity index (χ2n) is 5.57. The van der Waals surface area contributed by atoms with Gasteiger partial charge in [-0.05, 0) is 54.1 Å². The first kappa shape index (κ1) is 14.3. The van der Waals surface area contributed by atoms with Crippen LogP contribution in [-0.4, -0.2) is 24.7 Å². The Balaban J connectivity index is 1.88. The average molecular weight is 317 g/mol. The Hall–Kier alpha value is -3.34. The second-order valence-corrected chi connectivity index (χ2v) is 5.57. The largest absolute Gasteiger partial charge is 0.508 e. The quantitative estimate of drug-likeness (QED) is 0.607. The highest BCUT2D eigenvalue weighted by Crippen LogP contribution is 2.24. The van der Waals surface area contributed by atoms with Crippen molar-refractivity contribution in [3.8, 4) is 17.2 Å². The Bertz CT molecular complexity index is 1010. The van der Waals surface area contributed by atoms with Crippen molar-refractivity contribution in [3.05, 3.63) is 78.2 Å². The van der Waals surface area contributed by atoms with E-state index in [-0.39, 0.29) is 11.5 Å². The topological polar surface area (TPSA) is 71.2 Å². The maximum Gasteiger partial charge on any atom is 0.164 e. The molecule has 2 aromatic heterocycles. The van der Waals surface area contributed by atoms with Gasteiger partial charge in [0.1, 0.15) is 22.8 Å². The third kappa shape index (κ3) is 2.56. The lowest BCUT2D eigenvalue weighted by molar-refractivity contribution is 0.474. The normalized spacial score (nSPS) is 11.0. The first-order chi connectivity index (χ1) is 11.7. The molecule has 0 aliphatic heterocycles. The molecular formula is C19H15N3O2. The van der Waals surface area contributed by atoms with Crippen molar-refractivity contribution >= 4 is 11.2 Å². The molecule has 0 saturated heterocycles. The highest BCUT2D eigenvalue weighted by atomic mass is 16.3. The van der Waals surface area contributed by atoms with Crippen LogP contribution in [0.25, 0.3) is 16.9 Å². The van der Waals surface area contributed by atoms with Crippen LogP contribution in [0.15, 0.2) is 66.9 Å². The summed E-state index contributed by atoms with van der Waals surface area (Å²) >= 11 is 0. The summed E-state index contributed by atoms with van der Waals surface area (Å²) in [5, 5.41) is 19.2. The summed E-state index contributed by atoms with van der Waals surface area (Å²) in [6.45, 7) is 0. The van der Waals surface area contributed by atoms with Crippen molar-refractivity contribution in [1.29, 1.82) is 0 Å². The van der Waals surface area contributed by atoms with Gasteiger partial charge in [0.25, 0.3) is 0 Å². The summed E-state index contributed by atoms with van der Waals surface area (Å²) in [5.74, 6) is 1.27. The van der Waals surface area contributed by atoms with Gasteiger partial charge in [-0.3, -0.25) is 4.57 Å². The predicted octanol–water partition coefficient (Wildman–Crippen LogP) is 3.42. The maximum absolute atomic E-state index is 9.68. The van der Waals surface area contributed by atoms with Crippen LogP contribution in [0.5, 0.6) is 11.5 Å². The number of phenols is 2. The molecule has 2 heterocycles. The summed E-state index contributed by atoms with van der Waals surface area (Å²) in [7, 11) is 0. The molecule has 0 aliphatic rings. The number of hydrogen-bond acceptors (Lipinski definition) is 4. The number of aromatic nitrogens is 3. The van der Waals surface area contributed by atoms with E-state index in [1.54, 1.807) is 30.5 Å². The highest BCUT2D eigenvalue weighted by molar-refractivity contribution is 5.74. The van der Waals surface area contributed by atoms with Crippen molar-refractivity contribution in [2.45, 2.75) is 6.42 Å². The Morgan fingerprint density at radius 1 is 0.875 bits per heavy atom. The SMILES string of the molecule is Oc1ccc(-n2c(Cc3cccc(O)c3)nc3cccnc32)cc1. The van der Waals surface area contributed by atoms with E-state index < -0.39 is 0 Å². The first-order valence-corrected chi connectivity index (χ1v) is 7.60. The minimum Gasteiger partial charge on any atom is -0.508 e. The number of rotatable bonds is 3. The molecule has 2 aromatic carbocycles. The smallest absolute Gasteiger partial charge is 0.164 e. The zero-order valence-electron chi connectivity index (χ0n) is 12.8. The molecule has 0 fully saturated rings. The van der Waals surface area contributed by atoms with Crippen LogP contribution in [-0.2, 0) is 6.42 Å². The van der Waals surface area contributed by atoms with Crippen molar-refractivity contribution in [1.82, 2.24) is 14.5 Å². The Morgan fingerprint density at radius 3 is 2.50 bits per heavy atom. The molecule has 0 unspecified atom stereocenters. The first-order valence-electron chi connectivity index (χ1n) is 7.60. The number of benzene rings is 2. The molecule has 0 radical (unpaired) electrons. The molecule has 0 saturated carbocycles. The molecular weight excluding hydrogens is 302 g/mol. The fourth-order valence-corrected chi connectivity index (χ4v) is 2.80. The van der Waals surface area contributed by atoms with E-state index in [1.807, 2.05) is 41.0 Å². The zero-order valence-corrected chi connectivity index (χ0v) is 12.8. The van der Waals surface area contributed by atoms with E-state index >= 15 is 0 Å². The van der Waals surface area contributed by atoms with Gasteiger partial charge in [0.15, 0.2) is 5.65 Å². The molecule has 4 aromatic rings. The van der Waals surface area contributed by atoms with Crippen LogP contribution < -0.4 is 0 Å². The van der Waals surface area contributed by atoms with Crippen molar-refractivity contribution in [3.63, 3.8) is 0 Å². The third-order valence-electron chi connectivity index (χ3n) is 3.87. The lowest BCUT2D eigenvalue weighted by Gasteiger charge is -2.09. The molecule has 24 heavy (non-hydrogen) atoms. The second kappa shape index (κ2) is 5.70. The fourth-order valence-electron chi connectivity index (χ4n) is 2.80. The summed E-state index contributed by atoms with van der Waals surface area (Å²) in [5.41, 5.74) is 3.41. The van der Waals surface area contributed by atoms with Gasteiger partial charge in [0.05, 0.1) is 0 Å². The molecule has 0 aliphatic carbocycles. The molecule has 118 valence electrons. The minimum absolute atomic E-state index is 0.214. The van der Waals surface area contributed by atoms with E-state index in [4.69, 9.17) is 4.98 Å². The Morgan fingerprint density at radius 2 is 1.71 bits per heavy atom. The van der Waals surface area contributed by atoms with Crippen LogP contribution in [0, 0.1) is 0 Å². The summed E-state index contributed by atoms with van der Waals surface area (Å²) in [4.78, 5) is 9.14. The van der Waals surface area contributed by atoms with E-state index in [0.29, 0.717) is 6.42 Å². The van der Waals surface area contributed by atoms with Crippen LogP contribution in [0.4, 0.5) is 0 Å². The monoisotopic (exact) mass is 317 g/mol. The summed E-state index contributed by atoms with van der Waals surface area (Å²) in [6.07, 6.45) is 2.30. The minimum atomic E-state index is 0.214. The van der Waals surface area contributed by atoms with E-state index in [9.17, 15) is 10.2 Å². The Kier molecular flexibility index (Phi) is 3.39. The van der Waals surface area contributed by atoms with Crippen molar-refractivity contribution in [2.24, 2.45) is 0 Å². The van der Waals surface area contributed by atoms with E-state index in [2.05, 4.69) is 4.98 Å². The number of phenolic OH excluding ortho intramolecular Hbond substituents is 2. The maximum atomic E-state index is 9.68. The van der Waals surface area contributed by atoms with Crippen LogP contribution in [0.2, 0.25) is 0 Å². The lowest BCUT2D eigenvalue weighted by atomic mass is 10.1. The molecule has 0 spiro atoms. The summed E-state index contributed by atoms with van der Waals surface area (Å²) < 4.78 is 1.97. The number of hydrogen-bond donors (Lipinski definition) is 2. The van der Waals surface area contributed by atoms with Crippen LogP contribution >= 0.6 is 0 Å². The molecule has 0 amide bonds. The summed E-state index contributed by atoms with van der Waals surface area (Å²) in [6, 6.07) is 17.9. The molecule has 2 N–H and O–H groups in total. The van der Waals surface area contributed by atoms with Gasteiger partial charge in [0, 0.05) is 18.3 Å². The van der Waals surface area contributed by atoms with E-state index in [1.165, 1.54) is 0 Å². The Labute approximate surface area is 138 Å². The number of fused-ring (bicyclic) bond motifs is 1. The molecule has 5 heteroatoms. The van der Waals surface area contributed by atoms with Crippen LogP contribution in [0.3, 0.4) is 0 Å². The van der Waals surface area contributed by atoms with Gasteiger partial charge in [-0.2, -0.15) is 0 Å². The molecule has 0 atom stereocenters. The number of imidazole rings is 1. The molecule has 0 bridgehead atoms. The van der Waals surface area contributed by atoms with Gasteiger partial charge < -0.3 is 10.2 Å². The predicted molar refractivity (Wildman–Crippen MR) is 91.4 cm³/mol. The lowest BCUT2D eigenvalue weighted by Crippen LogP contribution is -2.03.